The van der Waals surface area contributed by atoms with Gasteiger partial charge < -0.3 is 0 Å². The average molecular weight is 377 g/mol. The summed E-state index contributed by atoms with van der Waals surface area (Å²) in [6, 6.07) is 25.8. The molecule has 4 aliphatic carbocycles. The van der Waals surface area contributed by atoms with Crippen LogP contribution in [0.4, 0.5) is 0 Å². The summed E-state index contributed by atoms with van der Waals surface area (Å²) in [5.74, 6) is 3.13. The van der Waals surface area contributed by atoms with E-state index < -0.39 is 0 Å². The number of aryl methyl sites for hydroxylation is 1. The Bertz CT molecular complexity index is 1140. The highest BCUT2D eigenvalue weighted by Gasteiger charge is 2.63. The Labute approximate surface area is 174 Å². The van der Waals surface area contributed by atoms with Gasteiger partial charge in [0.15, 0.2) is 0 Å². The third kappa shape index (κ3) is 1.87. The Morgan fingerprint density at radius 3 is 2.48 bits per heavy atom. The first-order valence-corrected chi connectivity index (χ1v) is 11.6. The van der Waals surface area contributed by atoms with Gasteiger partial charge in [0.05, 0.1) is 0 Å². The molecule has 0 aromatic heterocycles. The van der Waals surface area contributed by atoms with E-state index in [9.17, 15) is 0 Å². The van der Waals surface area contributed by atoms with Crippen LogP contribution in [0.2, 0.25) is 0 Å². The predicted octanol–water partition coefficient (Wildman–Crippen LogP) is 7.23. The second kappa shape index (κ2) is 5.63. The van der Waals surface area contributed by atoms with E-state index in [2.05, 4.69) is 73.7 Å². The van der Waals surface area contributed by atoms with Crippen molar-refractivity contribution in [1.82, 2.24) is 0 Å². The molecule has 0 saturated heterocycles. The van der Waals surface area contributed by atoms with Crippen LogP contribution in [-0.4, -0.2) is 0 Å². The molecule has 29 heavy (non-hydrogen) atoms. The molecule has 0 heteroatoms. The Kier molecular flexibility index (Phi) is 3.19. The van der Waals surface area contributed by atoms with E-state index in [-0.39, 0.29) is 0 Å². The second-order valence-electron chi connectivity index (χ2n) is 10.1. The third-order valence-electron chi connectivity index (χ3n) is 9.11. The first kappa shape index (κ1) is 16.5. The lowest BCUT2D eigenvalue weighted by Gasteiger charge is -2.46. The summed E-state index contributed by atoms with van der Waals surface area (Å²) in [5.41, 5.74) is 11.4. The zero-order valence-electron chi connectivity index (χ0n) is 17.2. The zero-order chi connectivity index (χ0) is 19.2. The van der Waals surface area contributed by atoms with Gasteiger partial charge in [-0.05, 0) is 82.9 Å². The number of hydrogen-bond donors (Lipinski definition) is 0. The minimum Gasteiger partial charge on any atom is -0.0620 e. The van der Waals surface area contributed by atoms with E-state index in [0.717, 1.165) is 17.8 Å². The molecular weight excluding hydrogens is 348 g/mol. The third-order valence-corrected chi connectivity index (χ3v) is 9.11. The smallest absolute Gasteiger partial charge is 0.0277 e. The lowest BCUT2D eigenvalue weighted by Crippen LogP contribution is -2.41. The van der Waals surface area contributed by atoms with Gasteiger partial charge in [0.2, 0.25) is 0 Å². The molecule has 0 amide bonds. The van der Waals surface area contributed by atoms with Crippen molar-refractivity contribution in [2.24, 2.45) is 17.8 Å². The summed E-state index contributed by atoms with van der Waals surface area (Å²) in [6.07, 6.45) is 7.08. The Morgan fingerprint density at radius 2 is 1.55 bits per heavy atom. The van der Waals surface area contributed by atoms with Crippen molar-refractivity contribution in [2.45, 2.75) is 50.4 Å². The van der Waals surface area contributed by atoms with Gasteiger partial charge in [0, 0.05) is 11.3 Å². The van der Waals surface area contributed by atoms with Crippen LogP contribution in [0, 0.1) is 24.7 Å². The number of fused-ring (bicyclic) bond motifs is 3. The molecule has 0 heterocycles. The maximum Gasteiger partial charge on any atom is 0.0277 e. The maximum atomic E-state index is 2.49. The molecule has 0 radical (unpaired) electrons. The fourth-order valence-corrected chi connectivity index (χ4v) is 8.31. The first-order valence-electron chi connectivity index (χ1n) is 11.6. The first-order chi connectivity index (χ1) is 14.3. The van der Waals surface area contributed by atoms with Crippen molar-refractivity contribution in [1.29, 1.82) is 0 Å². The van der Waals surface area contributed by atoms with Gasteiger partial charge in [-0.1, -0.05) is 79.6 Å². The molecule has 5 atom stereocenters. The molecule has 3 unspecified atom stereocenters. The summed E-state index contributed by atoms with van der Waals surface area (Å²) >= 11 is 0. The molecular formula is C29H28. The molecule has 144 valence electrons. The monoisotopic (exact) mass is 376 g/mol. The van der Waals surface area contributed by atoms with Crippen molar-refractivity contribution >= 4 is 0 Å². The molecule has 1 spiro atoms. The summed E-state index contributed by atoms with van der Waals surface area (Å²) < 4.78 is 0. The lowest BCUT2D eigenvalue weighted by atomic mass is 9.56. The molecule has 0 aliphatic heterocycles. The van der Waals surface area contributed by atoms with Crippen LogP contribution in [0.15, 0.2) is 66.7 Å². The van der Waals surface area contributed by atoms with Crippen molar-refractivity contribution in [2.75, 3.05) is 0 Å². The molecule has 0 N–H and O–H groups in total. The van der Waals surface area contributed by atoms with Crippen LogP contribution in [0.1, 0.15) is 65.8 Å². The van der Waals surface area contributed by atoms with Crippen LogP contribution in [-0.2, 0) is 5.41 Å². The van der Waals surface area contributed by atoms with Crippen molar-refractivity contribution in [3.63, 3.8) is 0 Å². The van der Waals surface area contributed by atoms with Crippen molar-refractivity contribution < 1.29 is 0 Å². The molecule has 4 aliphatic rings. The Morgan fingerprint density at radius 1 is 0.759 bits per heavy atom. The predicted molar refractivity (Wildman–Crippen MR) is 119 cm³/mol. The summed E-state index contributed by atoms with van der Waals surface area (Å²) in [5, 5.41) is 0. The van der Waals surface area contributed by atoms with Crippen molar-refractivity contribution in [3.05, 3.63) is 94.5 Å². The topological polar surface area (TPSA) is 0 Å². The van der Waals surface area contributed by atoms with Gasteiger partial charge in [0.1, 0.15) is 0 Å². The average Bonchev–Trinajstić information content (AvgIpc) is 3.41. The molecule has 0 nitrogen and oxygen atoms in total. The van der Waals surface area contributed by atoms with Crippen LogP contribution in [0.5, 0.6) is 0 Å². The number of hydrogen-bond acceptors (Lipinski definition) is 0. The van der Waals surface area contributed by atoms with Crippen molar-refractivity contribution in [3.8, 4) is 11.1 Å². The highest BCUT2D eigenvalue weighted by atomic mass is 14.7. The Hall–Kier alpha value is -2.34. The normalized spacial score (nSPS) is 33.1. The van der Waals surface area contributed by atoms with E-state index in [1.807, 2.05) is 0 Å². The highest BCUT2D eigenvalue weighted by Crippen LogP contribution is 2.71. The second-order valence-corrected chi connectivity index (χ2v) is 10.1. The Balaban J connectivity index is 1.56. The largest absolute Gasteiger partial charge is 0.0620 e. The fourth-order valence-electron chi connectivity index (χ4n) is 8.31. The lowest BCUT2D eigenvalue weighted by molar-refractivity contribution is 0.255. The van der Waals surface area contributed by atoms with Crippen LogP contribution < -0.4 is 0 Å². The van der Waals surface area contributed by atoms with Gasteiger partial charge in [-0.2, -0.15) is 0 Å². The summed E-state index contributed by atoms with van der Waals surface area (Å²) in [6.45, 7) is 2.30. The van der Waals surface area contributed by atoms with E-state index in [1.165, 1.54) is 43.2 Å². The summed E-state index contributed by atoms with van der Waals surface area (Å²) in [4.78, 5) is 0. The molecule has 7 rings (SSSR count). The van der Waals surface area contributed by atoms with E-state index >= 15 is 0 Å². The molecule has 0 bridgehead atoms. The van der Waals surface area contributed by atoms with Gasteiger partial charge in [-0.3, -0.25) is 0 Å². The molecule has 3 aromatic rings. The minimum absolute atomic E-state index is 0.295. The fraction of sp³-hybridized carbons (Fsp3) is 0.379. The standard InChI is InChI=1S/C29H28/c1-18-8-2-3-10-21(18)25-17-20-16-19-9-6-15-26(19)29(20)27-14-5-4-11-22(27)23-12-7-13-24(25)28(23)29/h2-5,7-8,10-14,19-20,25-26H,6,9,15-17H2,1H3/t19?,20-,25?,26?,29-/m1/s1. The highest BCUT2D eigenvalue weighted by molar-refractivity contribution is 5.84. The van der Waals surface area contributed by atoms with E-state index in [4.69, 9.17) is 0 Å². The van der Waals surface area contributed by atoms with Gasteiger partial charge in [-0.25, -0.2) is 0 Å². The summed E-state index contributed by atoms with van der Waals surface area (Å²) in [7, 11) is 0. The quantitative estimate of drug-likeness (QED) is 0.420. The van der Waals surface area contributed by atoms with Crippen LogP contribution in [0.3, 0.4) is 0 Å². The zero-order valence-corrected chi connectivity index (χ0v) is 17.2. The van der Waals surface area contributed by atoms with Gasteiger partial charge in [0.25, 0.3) is 0 Å². The number of rotatable bonds is 1. The van der Waals surface area contributed by atoms with Crippen LogP contribution >= 0.6 is 0 Å². The maximum absolute atomic E-state index is 2.49. The van der Waals surface area contributed by atoms with Gasteiger partial charge >= 0.3 is 0 Å². The number of benzene rings is 3. The van der Waals surface area contributed by atoms with Gasteiger partial charge in [-0.15, -0.1) is 0 Å². The SMILES string of the molecule is Cc1ccccc1C1C[C@H]2CC3CCCC3[C@@]23c2ccccc2-c2cccc1c23. The molecule has 2 saturated carbocycles. The minimum atomic E-state index is 0.295. The van der Waals surface area contributed by atoms with E-state index in [1.54, 1.807) is 27.8 Å². The molecule has 2 fully saturated rings. The molecule has 3 aromatic carbocycles. The van der Waals surface area contributed by atoms with Crippen LogP contribution in [0.25, 0.3) is 11.1 Å². The van der Waals surface area contributed by atoms with E-state index in [0.29, 0.717) is 11.3 Å².